The minimum Gasteiger partial charge on any atom is -0.327 e. The van der Waals surface area contributed by atoms with E-state index in [1.165, 1.54) is 18.6 Å². The number of hydrogen-bond acceptors (Lipinski definition) is 2. The molecule has 4 heteroatoms. The van der Waals surface area contributed by atoms with Gasteiger partial charge in [0.15, 0.2) is 0 Å². The SMILES string of the molecule is NC1CCC2CN(Cc3cc(F)cc(F)c3)CC12. The van der Waals surface area contributed by atoms with Gasteiger partial charge in [-0.05, 0) is 42.4 Å². The molecular formula is C14H18F2N2. The number of halogens is 2. The van der Waals surface area contributed by atoms with Gasteiger partial charge in [0.2, 0.25) is 0 Å². The van der Waals surface area contributed by atoms with Crippen molar-refractivity contribution >= 4 is 0 Å². The van der Waals surface area contributed by atoms with Crippen LogP contribution in [0.5, 0.6) is 0 Å². The Bertz CT molecular complexity index is 429. The molecule has 2 N–H and O–H groups in total. The van der Waals surface area contributed by atoms with E-state index in [1.54, 1.807) is 0 Å². The summed E-state index contributed by atoms with van der Waals surface area (Å²) < 4.78 is 26.2. The van der Waals surface area contributed by atoms with Crippen molar-refractivity contribution in [3.63, 3.8) is 0 Å². The summed E-state index contributed by atoms with van der Waals surface area (Å²) in [5, 5.41) is 0. The quantitative estimate of drug-likeness (QED) is 0.873. The van der Waals surface area contributed by atoms with Gasteiger partial charge in [-0.15, -0.1) is 0 Å². The number of hydrogen-bond donors (Lipinski definition) is 1. The van der Waals surface area contributed by atoms with Gasteiger partial charge in [-0.25, -0.2) is 8.78 Å². The zero-order valence-electron chi connectivity index (χ0n) is 10.3. The van der Waals surface area contributed by atoms with Crippen molar-refractivity contribution < 1.29 is 8.78 Å². The number of nitrogens with two attached hydrogens (primary N) is 1. The van der Waals surface area contributed by atoms with Crippen LogP contribution in [-0.4, -0.2) is 24.0 Å². The molecule has 1 aliphatic heterocycles. The lowest BCUT2D eigenvalue weighted by molar-refractivity contribution is 0.297. The molecule has 1 saturated carbocycles. The van der Waals surface area contributed by atoms with Gasteiger partial charge in [-0.3, -0.25) is 4.90 Å². The van der Waals surface area contributed by atoms with Crippen LogP contribution in [0.3, 0.4) is 0 Å². The molecule has 98 valence electrons. The predicted molar refractivity (Wildman–Crippen MR) is 65.8 cm³/mol. The Kier molecular flexibility index (Phi) is 3.08. The monoisotopic (exact) mass is 252 g/mol. The highest BCUT2D eigenvalue weighted by Crippen LogP contribution is 2.37. The predicted octanol–water partition coefficient (Wildman–Crippen LogP) is 2.13. The highest BCUT2D eigenvalue weighted by molar-refractivity contribution is 5.18. The molecule has 1 heterocycles. The fraction of sp³-hybridized carbons (Fsp3) is 0.571. The smallest absolute Gasteiger partial charge is 0.126 e. The molecule has 3 rings (SSSR count). The Hall–Kier alpha value is -1.00. The number of benzene rings is 1. The first-order valence-corrected chi connectivity index (χ1v) is 6.55. The first-order chi connectivity index (χ1) is 8.61. The van der Waals surface area contributed by atoms with Crippen LogP contribution in [-0.2, 0) is 6.54 Å². The van der Waals surface area contributed by atoms with E-state index in [1.807, 2.05) is 0 Å². The van der Waals surface area contributed by atoms with Crippen molar-refractivity contribution in [3.8, 4) is 0 Å². The van der Waals surface area contributed by atoms with Crippen molar-refractivity contribution in [2.75, 3.05) is 13.1 Å². The molecule has 0 amide bonds. The van der Waals surface area contributed by atoms with Crippen molar-refractivity contribution in [3.05, 3.63) is 35.4 Å². The summed E-state index contributed by atoms with van der Waals surface area (Å²) in [7, 11) is 0. The maximum Gasteiger partial charge on any atom is 0.126 e. The van der Waals surface area contributed by atoms with Gasteiger partial charge in [-0.1, -0.05) is 0 Å². The molecule has 0 bridgehead atoms. The zero-order valence-corrected chi connectivity index (χ0v) is 10.3. The normalized spacial score (nSPS) is 31.8. The van der Waals surface area contributed by atoms with E-state index < -0.39 is 11.6 Å². The Morgan fingerprint density at radius 1 is 1.11 bits per heavy atom. The van der Waals surface area contributed by atoms with Gasteiger partial charge in [0, 0.05) is 31.7 Å². The van der Waals surface area contributed by atoms with E-state index in [0.717, 1.165) is 25.6 Å². The maximum absolute atomic E-state index is 13.1. The summed E-state index contributed by atoms with van der Waals surface area (Å²) >= 11 is 0. The molecule has 0 aromatic heterocycles. The van der Waals surface area contributed by atoms with E-state index in [0.29, 0.717) is 30.0 Å². The Balaban J connectivity index is 1.67. The van der Waals surface area contributed by atoms with Crippen molar-refractivity contribution in [2.24, 2.45) is 17.6 Å². The lowest BCUT2D eigenvalue weighted by Gasteiger charge is -2.18. The topological polar surface area (TPSA) is 29.3 Å². The van der Waals surface area contributed by atoms with Crippen LogP contribution in [0.25, 0.3) is 0 Å². The zero-order chi connectivity index (χ0) is 12.7. The third-order valence-corrected chi connectivity index (χ3v) is 4.32. The van der Waals surface area contributed by atoms with Crippen molar-refractivity contribution in [1.29, 1.82) is 0 Å². The first kappa shape index (κ1) is 12.1. The van der Waals surface area contributed by atoms with E-state index in [-0.39, 0.29) is 0 Å². The van der Waals surface area contributed by atoms with Gasteiger partial charge >= 0.3 is 0 Å². The molecule has 1 aromatic rings. The highest BCUT2D eigenvalue weighted by Gasteiger charge is 2.40. The van der Waals surface area contributed by atoms with Crippen LogP contribution in [0.1, 0.15) is 18.4 Å². The van der Waals surface area contributed by atoms with E-state index in [4.69, 9.17) is 5.73 Å². The average Bonchev–Trinajstić information content (AvgIpc) is 2.80. The Morgan fingerprint density at radius 2 is 1.83 bits per heavy atom. The lowest BCUT2D eigenvalue weighted by Crippen LogP contribution is -2.30. The molecule has 1 aromatic carbocycles. The van der Waals surface area contributed by atoms with Crippen LogP contribution in [0.4, 0.5) is 8.78 Å². The van der Waals surface area contributed by atoms with Gasteiger partial charge in [0.1, 0.15) is 11.6 Å². The largest absolute Gasteiger partial charge is 0.327 e. The average molecular weight is 252 g/mol. The summed E-state index contributed by atoms with van der Waals surface area (Å²) in [6.07, 6.45) is 2.32. The lowest BCUT2D eigenvalue weighted by atomic mass is 9.98. The van der Waals surface area contributed by atoms with Crippen molar-refractivity contribution in [1.82, 2.24) is 4.90 Å². The second-order valence-corrected chi connectivity index (χ2v) is 5.64. The Morgan fingerprint density at radius 3 is 2.50 bits per heavy atom. The standard InChI is InChI=1S/C14H18F2N2/c15-11-3-9(4-12(16)5-11)6-18-7-10-1-2-14(17)13(10)8-18/h3-5,10,13-14H,1-2,6-8,17H2. The Labute approximate surface area is 106 Å². The molecule has 18 heavy (non-hydrogen) atoms. The number of rotatable bonds is 2. The van der Waals surface area contributed by atoms with Gasteiger partial charge < -0.3 is 5.73 Å². The minimum atomic E-state index is -0.499. The van der Waals surface area contributed by atoms with Gasteiger partial charge in [-0.2, -0.15) is 0 Å². The summed E-state index contributed by atoms with van der Waals surface area (Å²) in [5.41, 5.74) is 6.79. The first-order valence-electron chi connectivity index (χ1n) is 6.55. The molecule has 0 spiro atoms. The molecular weight excluding hydrogens is 234 g/mol. The molecule has 1 saturated heterocycles. The summed E-state index contributed by atoms with van der Waals surface area (Å²) in [6, 6.07) is 4.05. The molecule has 2 fully saturated rings. The molecule has 3 unspecified atom stereocenters. The fourth-order valence-electron chi connectivity index (χ4n) is 3.49. The molecule has 2 nitrogen and oxygen atoms in total. The summed E-state index contributed by atoms with van der Waals surface area (Å²) in [6.45, 7) is 2.59. The summed E-state index contributed by atoms with van der Waals surface area (Å²) in [4.78, 5) is 2.27. The van der Waals surface area contributed by atoms with E-state index in [9.17, 15) is 8.78 Å². The van der Waals surface area contributed by atoms with Crippen LogP contribution in [0.2, 0.25) is 0 Å². The van der Waals surface area contributed by atoms with Crippen LogP contribution < -0.4 is 5.73 Å². The van der Waals surface area contributed by atoms with Crippen molar-refractivity contribution in [2.45, 2.75) is 25.4 Å². The number of likely N-dealkylation sites (tertiary alicyclic amines) is 1. The third kappa shape index (κ3) is 2.27. The second-order valence-electron chi connectivity index (χ2n) is 5.64. The van der Waals surface area contributed by atoms with Crippen LogP contribution in [0.15, 0.2) is 18.2 Å². The second kappa shape index (κ2) is 4.59. The number of fused-ring (bicyclic) bond motifs is 1. The molecule has 2 aliphatic rings. The van der Waals surface area contributed by atoms with Crippen LogP contribution >= 0.6 is 0 Å². The highest BCUT2D eigenvalue weighted by atomic mass is 19.1. The molecule has 0 radical (unpaired) electrons. The molecule has 3 atom stereocenters. The van der Waals surface area contributed by atoms with Gasteiger partial charge in [0.25, 0.3) is 0 Å². The minimum absolute atomic E-state index is 0.309. The summed E-state index contributed by atoms with van der Waals surface area (Å²) in [5.74, 6) is 0.254. The van der Waals surface area contributed by atoms with Crippen LogP contribution in [0, 0.1) is 23.5 Å². The van der Waals surface area contributed by atoms with E-state index in [2.05, 4.69) is 4.90 Å². The van der Waals surface area contributed by atoms with Gasteiger partial charge in [0.05, 0.1) is 0 Å². The molecule has 1 aliphatic carbocycles. The fourth-order valence-corrected chi connectivity index (χ4v) is 3.49. The number of nitrogens with zero attached hydrogens (tertiary/aromatic N) is 1. The van der Waals surface area contributed by atoms with E-state index >= 15 is 0 Å². The maximum atomic E-state index is 13.1. The third-order valence-electron chi connectivity index (χ3n) is 4.32.